The van der Waals surface area contributed by atoms with Gasteiger partial charge in [-0.1, -0.05) is 24.3 Å². The van der Waals surface area contributed by atoms with E-state index in [9.17, 15) is 9.59 Å². The van der Waals surface area contributed by atoms with E-state index in [2.05, 4.69) is 10.3 Å². The van der Waals surface area contributed by atoms with Gasteiger partial charge in [-0.25, -0.2) is 0 Å². The number of aromatic nitrogens is 1. The van der Waals surface area contributed by atoms with E-state index in [4.69, 9.17) is 0 Å². The van der Waals surface area contributed by atoms with E-state index < -0.39 is 5.92 Å². The molecule has 1 aromatic carbocycles. The van der Waals surface area contributed by atoms with Gasteiger partial charge in [0.2, 0.25) is 11.8 Å². The van der Waals surface area contributed by atoms with Gasteiger partial charge in [0.15, 0.2) is 0 Å². The molecule has 1 saturated heterocycles. The lowest BCUT2D eigenvalue weighted by Gasteiger charge is -2.19. The fraction of sp³-hybridized carbons (Fsp3) is 0.278. The summed E-state index contributed by atoms with van der Waals surface area (Å²) in [6.07, 6.45) is 2.23. The predicted molar refractivity (Wildman–Crippen MR) is 87.7 cm³/mol. The van der Waals surface area contributed by atoms with Crippen LogP contribution in [-0.4, -0.2) is 23.3 Å². The maximum atomic E-state index is 12.6. The summed E-state index contributed by atoms with van der Waals surface area (Å²) in [4.78, 5) is 30.7. The first kappa shape index (κ1) is 15.2. The van der Waals surface area contributed by atoms with Crippen LogP contribution in [-0.2, 0) is 16.1 Å². The molecule has 1 aromatic heterocycles. The number of nitrogens with zero attached hydrogens (tertiary/aromatic N) is 2. The number of rotatable bonds is 4. The SMILES string of the molecule is Cc1ccccc1N1CCC(C(=O)NCc2ccccn2)C1=O. The number of carbonyl (C=O) groups excluding carboxylic acids is 2. The van der Waals surface area contributed by atoms with Crippen molar-refractivity contribution in [2.75, 3.05) is 11.4 Å². The van der Waals surface area contributed by atoms with Gasteiger partial charge in [0.25, 0.3) is 0 Å². The Morgan fingerprint density at radius 3 is 2.78 bits per heavy atom. The zero-order valence-corrected chi connectivity index (χ0v) is 13.0. The molecule has 1 N–H and O–H groups in total. The summed E-state index contributed by atoms with van der Waals surface area (Å²) in [5, 5.41) is 2.81. The van der Waals surface area contributed by atoms with Crippen LogP contribution in [0.4, 0.5) is 5.69 Å². The van der Waals surface area contributed by atoms with Gasteiger partial charge in [0.05, 0.1) is 12.2 Å². The van der Waals surface area contributed by atoms with Gasteiger partial charge in [-0.2, -0.15) is 0 Å². The maximum Gasteiger partial charge on any atom is 0.239 e. The second-order valence-corrected chi connectivity index (χ2v) is 5.66. The molecule has 0 saturated carbocycles. The fourth-order valence-corrected chi connectivity index (χ4v) is 2.83. The standard InChI is InChI=1S/C18H19N3O2/c1-13-6-2-3-8-16(13)21-11-9-15(18(21)23)17(22)20-12-14-7-4-5-10-19-14/h2-8,10,15H,9,11-12H2,1H3,(H,20,22). The molecule has 0 aliphatic carbocycles. The van der Waals surface area contributed by atoms with E-state index in [1.165, 1.54) is 0 Å². The molecule has 2 heterocycles. The number of pyridine rings is 1. The van der Waals surface area contributed by atoms with Gasteiger partial charge < -0.3 is 10.2 Å². The van der Waals surface area contributed by atoms with E-state index in [-0.39, 0.29) is 11.8 Å². The average Bonchev–Trinajstić information content (AvgIpc) is 2.95. The van der Waals surface area contributed by atoms with Crippen LogP contribution in [0.25, 0.3) is 0 Å². The van der Waals surface area contributed by atoms with Gasteiger partial charge in [0, 0.05) is 18.4 Å². The van der Waals surface area contributed by atoms with Crippen LogP contribution in [0.2, 0.25) is 0 Å². The van der Waals surface area contributed by atoms with E-state index in [1.807, 2.05) is 49.4 Å². The molecule has 0 bridgehead atoms. The third kappa shape index (κ3) is 3.23. The number of nitrogens with one attached hydrogen (secondary N) is 1. The van der Waals surface area contributed by atoms with Crippen LogP contribution in [0.3, 0.4) is 0 Å². The van der Waals surface area contributed by atoms with Crippen molar-refractivity contribution in [3.05, 3.63) is 59.9 Å². The highest BCUT2D eigenvalue weighted by molar-refractivity contribution is 6.09. The van der Waals surface area contributed by atoms with Crippen molar-refractivity contribution in [2.45, 2.75) is 19.9 Å². The third-order valence-electron chi connectivity index (χ3n) is 4.10. The van der Waals surface area contributed by atoms with Crippen LogP contribution < -0.4 is 10.2 Å². The number of hydrogen-bond donors (Lipinski definition) is 1. The van der Waals surface area contributed by atoms with Gasteiger partial charge in [0.1, 0.15) is 5.92 Å². The minimum Gasteiger partial charge on any atom is -0.350 e. The Kier molecular flexibility index (Phi) is 4.37. The van der Waals surface area contributed by atoms with Crippen LogP contribution in [0, 0.1) is 12.8 Å². The monoisotopic (exact) mass is 309 g/mol. The highest BCUT2D eigenvalue weighted by Crippen LogP contribution is 2.27. The van der Waals surface area contributed by atoms with Crippen molar-refractivity contribution in [3.63, 3.8) is 0 Å². The number of benzene rings is 1. The first-order valence-electron chi connectivity index (χ1n) is 7.71. The van der Waals surface area contributed by atoms with Crippen LogP contribution in [0.5, 0.6) is 0 Å². The summed E-state index contributed by atoms with van der Waals surface area (Å²) in [5.41, 5.74) is 2.70. The maximum absolute atomic E-state index is 12.6. The minimum absolute atomic E-state index is 0.127. The van der Waals surface area contributed by atoms with Crippen molar-refractivity contribution in [3.8, 4) is 0 Å². The average molecular weight is 309 g/mol. The summed E-state index contributed by atoms with van der Waals surface area (Å²) in [5.74, 6) is -0.965. The van der Waals surface area contributed by atoms with E-state index in [0.29, 0.717) is 19.5 Å². The summed E-state index contributed by atoms with van der Waals surface area (Å²) >= 11 is 0. The number of anilines is 1. The molecule has 1 atom stereocenters. The van der Waals surface area contributed by atoms with Crippen LogP contribution >= 0.6 is 0 Å². The Morgan fingerprint density at radius 1 is 1.26 bits per heavy atom. The fourth-order valence-electron chi connectivity index (χ4n) is 2.83. The lowest BCUT2D eigenvalue weighted by Crippen LogP contribution is -2.36. The molecular formula is C18H19N3O2. The molecule has 2 aromatic rings. The van der Waals surface area contributed by atoms with Crippen LogP contribution in [0.15, 0.2) is 48.7 Å². The lowest BCUT2D eigenvalue weighted by molar-refractivity contribution is -0.132. The second-order valence-electron chi connectivity index (χ2n) is 5.66. The molecule has 118 valence electrons. The van der Waals surface area contributed by atoms with E-state index in [1.54, 1.807) is 11.1 Å². The second kappa shape index (κ2) is 6.60. The molecule has 1 fully saturated rings. The highest BCUT2D eigenvalue weighted by Gasteiger charge is 2.37. The number of aryl methyl sites for hydroxylation is 1. The van der Waals surface area contributed by atoms with Gasteiger partial charge in [-0.05, 0) is 37.1 Å². The van der Waals surface area contributed by atoms with Crippen molar-refractivity contribution in [1.29, 1.82) is 0 Å². The van der Waals surface area contributed by atoms with Crippen molar-refractivity contribution in [2.24, 2.45) is 5.92 Å². The minimum atomic E-state index is -0.613. The Labute approximate surface area is 135 Å². The van der Waals surface area contributed by atoms with Crippen LogP contribution in [0.1, 0.15) is 17.7 Å². The van der Waals surface area contributed by atoms with Gasteiger partial charge in [-0.15, -0.1) is 0 Å². The molecular weight excluding hydrogens is 290 g/mol. The number of para-hydroxylation sites is 1. The molecule has 1 aliphatic rings. The Balaban J connectivity index is 1.65. The molecule has 5 heteroatoms. The molecule has 0 spiro atoms. The first-order valence-corrected chi connectivity index (χ1v) is 7.71. The Hall–Kier alpha value is -2.69. The van der Waals surface area contributed by atoms with E-state index >= 15 is 0 Å². The normalized spacial score (nSPS) is 17.3. The third-order valence-corrected chi connectivity index (χ3v) is 4.10. The molecule has 2 amide bonds. The Bertz CT molecular complexity index is 715. The topological polar surface area (TPSA) is 62.3 Å². The summed E-state index contributed by atoms with van der Waals surface area (Å²) in [6.45, 7) is 2.89. The van der Waals surface area contributed by atoms with Gasteiger partial charge >= 0.3 is 0 Å². The van der Waals surface area contributed by atoms with E-state index in [0.717, 1.165) is 16.9 Å². The molecule has 1 unspecified atom stereocenters. The molecule has 0 radical (unpaired) electrons. The van der Waals surface area contributed by atoms with Crippen molar-refractivity contribution >= 4 is 17.5 Å². The molecule has 23 heavy (non-hydrogen) atoms. The number of hydrogen-bond acceptors (Lipinski definition) is 3. The summed E-state index contributed by atoms with van der Waals surface area (Å²) < 4.78 is 0. The lowest BCUT2D eigenvalue weighted by atomic mass is 10.1. The molecule has 3 rings (SSSR count). The summed E-state index contributed by atoms with van der Waals surface area (Å²) in [6, 6.07) is 13.3. The zero-order valence-electron chi connectivity index (χ0n) is 13.0. The first-order chi connectivity index (χ1) is 11.2. The van der Waals surface area contributed by atoms with Gasteiger partial charge in [-0.3, -0.25) is 14.6 Å². The molecule has 5 nitrogen and oxygen atoms in total. The van der Waals surface area contributed by atoms with Crippen molar-refractivity contribution < 1.29 is 9.59 Å². The predicted octanol–water partition coefficient (Wildman–Crippen LogP) is 2.06. The number of amides is 2. The smallest absolute Gasteiger partial charge is 0.239 e. The van der Waals surface area contributed by atoms with Crippen molar-refractivity contribution in [1.82, 2.24) is 10.3 Å². The largest absolute Gasteiger partial charge is 0.350 e. The molecule has 1 aliphatic heterocycles. The Morgan fingerprint density at radius 2 is 2.04 bits per heavy atom. The number of carbonyl (C=O) groups is 2. The zero-order chi connectivity index (χ0) is 16.2. The highest BCUT2D eigenvalue weighted by atomic mass is 16.2. The summed E-state index contributed by atoms with van der Waals surface area (Å²) in [7, 11) is 0. The quantitative estimate of drug-likeness (QED) is 0.879.